The molecule has 2 N–H and O–H groups in total. The molecule has 0 aliphatic carbocycles. The Morgan fingerprint density at radius 2 is 2.10 bits per heavy atom. The number of hydrogen-bond donors (Lipinski definition) is 2. The summed E-state index contributed by atoms with van der Waals surface area (Å²) in [5.74, 6) is -1.34. The Kier molecular flexibility index (Phi) is 4.24. The number of aromatic carboxylic acids is 1. The van der Waals surface area contributed by atoms with Gasteiger partial charge in [0.05, 0.1) is 18.0 Å². The molecule has 0 bridgehead atoms. The molecule has 2 rings (SSSR count). The van der Waals surface area contributed by atoms with Crippen molar-refractivity contribution in [3.8, 4) is 0 Å². The van der Waals surface area contributed by atoms with Crippen LogP contribution in [-0.4, -0.2) is 37.6 Å². The van der Waals surface area contributed by atoms with Crippen molar-refractivity contribution in [2.45, 2.75) is 19.9 Å². The smallest absolute Gasteiger partial charge is 0.341 e. The molecule has 1 unspecified atom stereocenters. The number of carboxylic acid groups (broad SMARTS) is 1. The molecule has 21 heavy (non-hydrogen) atoms. The maximum Gasteiger partial charge on any atom is 0.341 e. The lowest BCUT2D eigenvalue weighted by molar-refractivity contribution is 0.0694. The zero-order valence-corrected chi connectivity index (χ0v) is 12.2. The highest BCUT2D eigenvalue weighted by atomic mass is 35.5. The van der Waals surface area contributed by atoms with Gasteiger partial charge in [0.1, 0.15) is 5.56 Å². The van der Waals surface area contributed by atoms with Gasteiger partial charge in [-0.25, -0.2) is 4.79 Å². The van der Waals surface area contributed by atoms with Gasteiger partial charge >= 0.3 is 5.97 Å². The van der Waals surface area contributed by atoms with Crippen molar-refractivity contribution in [2.24, 2.45) is 5.92 Å². The molecule has 0 aliphatic rings. The van der Waals surface area contributed by atoms with Crippen LogP contribution in [0.15, 0.2) is 17.1 Å². The molecule has 8 heteroatoms. The van der Waals surface area contributed by atoms with E-state index in [2.05, 4.69) is 10.2 Å². The van der Waals surface area contributed by atoms with Crippen molar-refractivity contribution in [3.63, 3.8) is 0 Å². The van der Waals surface area contributed by atoms with Crippen LogP contribution < -0.4 is 5.43 Å². The lowest BCUT2D eigenvalue weighted by atomic mass is 10.0. The summed E-state index contributed by atoms with van der Waals surface area (Å²) in [6.07, 6.45) is 1.19. The molecule has 112 valence electrons. The summed E-state index contributed by atoms with van der Waals surface area (Å²) in [5.41, 5.74) is -0.876. The lowest BCUT2D eigenvalue weighted by Crippen LogP contribution is -2.26. The van der Waals surface area contributed by atoms with Crippen LogP contribution in [0.5, 0.6) is 0 Å². The number of nitrogens with zero attached hydrogens (tertiary/aromatic N) is 3. The van der Waals surface area contributed by atoms with Crippen molar-refractivity contribution >= 4 is 28.6 Å². The second kappa shape index (κ2) is 5.79. The Bertz CT molecular complexity index is 757. The quantitative estimate of drug-likeness (QED) is 0.882. The topological polar surface area (TPSA) is 105 Å². The van der Waals surface area contributed by atoms with Crippen LogP contribution in [-0.2, 0) is 0 Å². The minimum atomic E-state index is -1.34. The second-order valence-electron chi connectivity index (χ2n) is 4.98. The van der Waals surface area contributed by atoms with Gasteiger partial charge in [-0.3, -0.25) is 4.79 Å². The number of halogens is 1. The van der Waals surface area contributed by atoms with Crippen LogP contribution in [0.1, 0.15) is 30.2 Å². The summed E-state index contributed by atoms with van der Waals surface area (Å²) >= 11 is 5.73. The first-order chi connectivity index (χ1) is 9.86. The van der Waals surface area contributed by atoms with Gasteiger partial charge in [0.25, 0.3) is 0 Å². The number of rotatable bonds is 4. The van der Waals surface area contributed by atoms with E-state index in [1.165, 1.54) is 16.8 Å². The molecule has 2 heterocycles. The Hall–Kier alpha value is -1.99. The van der Waals surface area contributed by atoms with Crippen LogP contribution in [0, 0.1) is 5.92 Å². The van der Waals surface area contributed by atoms with Crippen LogP contribution >= 0.6 is 11.6 Å². The molecule has 0 amide bonds. The van der Waals surface area contributed by atoms with Crippen molar-refractivity contribution in [1.29, 1.82) is 0 Å². The average Bonchev–Trinajstić information content (AvgIpc) is 2.41. The van der Waals surface area contributed by atoms with E-state index in [1.807, 2.05) is 13.8 Å². The van der Waals surface area contributed by atoms with Crippen molar-refractivity contribution in [3.05, 3.63) is 33.2 Å². The Labute approximate surface area is 124 Å². The van der Waals surface area contributed by atoms with Gasteiger partial charge in [0.2, 0.25) is 5.43 Å². The second-order valence-corrected chi connectivity index (χ2v) is 5.37. The van der Waals surface area contributed by atoms with Crippen LogP contribution in [0.25, 0.3) is 11.0 Å². The molecule has 0 saturated carbocycles. The van der Waals surface area contributed by atoms with Gasteiger partial charge in [-0.15, -0.1) is 10.2 Å². The van der Waals surface area contributed by atoms with E-state index in [-0.39, 0.29) is 28.7 Å². The van der Waals surface area contributed by atoms with E-state index in [9.17, 15) is 14.7 Å². The van der Waals surface area contributed by atoms with Crippen molar-refractivity contribution in [2.75, 3.05) is 6.61 Å². The largest absolute Gasteiger partial charge is 0.477 e. The van der Waals surface area contributed by atoms with Gasteiger partial charge in [-0.1, -0.05) is 25.4 Å². The summed E-state index contributed by atoms with van der Waals surface area (Å²) < 4.78 is 1.47. The maximum atomic E-state index is 12.2. The van der Waals surface area contributed by atoms with E-state index in [4.69, 9.17) is 16.7 Å². The molecule has 2 aromatic heterocycles. The molecule has 0 saturated heterocycles. The third-order valence-electron chi connectivity index (χ3n) is 3.29. The number of fused-ring (bicyclic) bond motifs is 1. The Balaban J connectivity index is 2.90. The number of aliphatic hydroxyl groups excluding tert-OH is 1. The summed E-state index contributed by atoms with van der Waals surface area (Å²) in [6, 6.07) is 0.853. The van der Waals surface area contributed by atoms with E-state index < -0.39 is 23.0 Å². The Morgan fingerprint density at radius 1 is 1.43 bits per heavy atom. The zero-order valence-electron chi connectivity index (χ0n) is 11.4. The SMILES string of the molecule is CC(C)C(CO)n1cc(C(=O)O)c(=O)c2cc(Cl)nnc21. The van der Waals surface area contributed by atoms with Gasteiger partial charge in [0, 0.05) is 6.20 Å². The van der Waals surface area contributed by atoms with Gasteiger partial charge in [-0.2, -0.15) is 0 Å². The van der Waals surface area contributed by atoms with Crippen molar-refractivity contribution < 1.29 is 15.0 Å². The molecule has 1 atom stereocenters. The van der Waals surface area contributed by atoms with E-state index in [0.29, 0.717) is 0 Å². The average molecular weight is 312 g/mol. The minimum absolute atomic E-state index is 0.000162. The fraction of sp³-hybridized carbons (Fsp3) is 0.385. The number of aliphatic hydroxyl groups is 1. The Morgan fingerprint density at radius 3 is 2.62 bits per heavy atom. The molecule has 2 aromatic rings. The molecule has 0 radical (unpaired) electrons. The fourth-order valence-electron chi connectivity index (χ4n) is 2.15. The number of carboxylic acids is 1. The molecule has 0 spiro atoms. The normalized spacial score (nSPS) is 12.8. The summed E-state index contributed by atoms with van der Waals surface area (Å²) in [5, 5.41) is 26.3. The highest BCUT2D eigenvalue weighted by Crippen LogP contribution is 2.22. The van der Waals surface area contributed by atoms with E-state index in [1.54, 1.807) is 0 Å². The van der Waals surface area contributed by atoms with Gasteiger partial charge < -0.3 is 14.8 Å². The summed E-state index contributed by atoms with van der Waals surface area (Å²) in [6.45, 7) is 3.52. The first-order valence-corrected chi connectivity index (χ1v) is 6.66. The van der Waals surface area contributed by atoms with E-state index >= 15 is 0 Å². The van der Waals surface area contributed by atoms with Gasteiger partial charge in [0.15, 0.2) is 10.8 Å². The van der Waals surface area contributed by atoms with Crippen molar-refractivity contribution in [1.82, 2.24) is 14.8 Å². The maximum absolute atomic E-state index is 12.2. The predicted molar refractivity (Wildman–Crippen MR) is 76.7 cm³/mol. The number of hydrogen-bond acceptors (Lipinski definition) is 5. The highest BCUT2D eigenvalue weighted by molar-refractivity contribution is 6.29. The molecular weight excluding hydrogens is 298 g/mol. The minimum Gasteiger partial charge on any atom is -0.477 e. The monoisotopic (exact) mass is 311 g/mol. The first-order valence-electron chi connectivity index (χ1n) is 6.29. The summed E-state index contributed by atoms with van der Waals surface area (Å²) in [7, 11) is 0. The third-order valence-corrected chi connectivity index (χ3v) is 3.48. The molecule has 0 aromatic carbocycles. The number of pyridine rings is 1. The van der Waals surface area contributed by atoms with Gasteiger partial charge in [-0.05, 0) is 12.0 Å². The predicted octanol–water partition coefficient (Wildman–Crippen LogP) is 1.33. The summed E-state index contributed by atoms with van der Waals surface area (Å²) in [4.78, 5) is 23.4. The van der Waals surface area contributed by atoms with Crippen LogP contribution in [0.2, 0.25) is 5.15 Å². The number of carbonyl (C=O) groups is 1. The van der Waals surface area contributed by atoms with Crippen LogP contribution in [0.3, 0.4) is 0 Å². The fourth-order valence-corrected chi connectivity index (χ4v) is 2.30. The molecular formula is C13H14ClN3O4. The highest BCUT2D eigenvalue weighted by Gasteiger charge is 2.22. The first kappa shape index (κ1) is 15.4. The third kappa shape index (κ3) is 2.74. The number of aromatic nitrogens is 3. The zero-order chi connectivity index (χ0) is 15.7. The van der Waals surface area contributed by atoms with Crippen LogP contribution in [0.4, 0.5) is 0 Å². The van der Waals surface area contributed by atoms with E-state index in [0.717, 1.165) is 0 Å². The molecule has 0 aliphatic heterocycles. The molecule has 7 nitrogen and oxygen atoms in total. The molecule has 0 fully saturated rings. The lowest BCUT2D eigenvalue weighted by Gasteiger charge is -2.23. The standard InChI is InChI=1S/C13H14ClN3O4/c1-6(2)9(5-18)17-4-8(13(20)21)11(19)7-3-10(14)15-16-12(7)17/h3-4,6,9,18H,5H2,1-2H3,(H,20,21).